The lowest BCUT2D eigenvalue weighted by Crippen LogP contribution is -2.14. The number of pyridine rings is 3. The average Bonchev–Trinajstić information content (AvgIpc) is 3.38. The van der Waals surface area contributed by atoms with Crippen LogP contribution >= 0.6 is 0 Å². The van der Waals surface area contributed by atoms with Crippen molar-refractivity contribution in [1.82, 2.24) is 19.9 Å². The molecule has 0 saturated carbocycles. The molecule has 1 amide bonds. The highest BCUT2D eigenvalue weighted by Crippen LogP contribution is 2.37. The zero-order valence-electron chi connectivity index (χ0n) is 20.8. The topological polar surface area (TPSA) is 131 Å². The first-order chi connectivity index (χ1) is 18.6. The van der Waals surface area contributed by atoms with Crippen LogP contribution < -0.4 is 24.3 Å². The predicted octanol–water partition coefficient (Wildman–Crippen LogP) is 5.14. The zero-order chi connectivity index (χ0) is 26.5. The Morgan fingerprint density at radius 1 is 0.974 bits per heavy atom. The number of aromatic nitrogens is 4. The van der Waals surface area contributed by atoms with Crippen molar-refractivity contribution in [1.29, 1.82) is 0 Å². The van der Waals surface area contributed by atoms with Crippen LogP contribution in [-0.4, -0.2) is 46.7 Å². The summed E-state index contributed by atoms with van der Waals surface area (Å²) in [6, 6.07) is 12.1. The van der Waals surface area contributed by atoms with E-state index >= 15 is 0 Å². The highest BCUT2D eigenvalue weighted by Gasteiger charge is 2.23. The lowest BCUT2D eigenvalue weighted by molar-refractivity contribution is 0.101. The first-order valence-corrected chi connectivity index (χ1v) is 11.6. The van der Waals surface area contributed by atoms with E-state index in [0.29, 0.717) is 46.5 Å². The van der Waals surface area contributed by atoms with E-state index < -0.39 is 5.91 Å². The molecular formula is C27H23N5O6. The number of hydrogen-bond acceptors (Lipinski definition) is 10. The lowest BCUT2D eigenvalue weighted by Gasteiger charge is -2.12. The van der Waals surface area contributed by atoms with Gasteiger partial charge in [0, 0.05) is 30.0 Å². The third-order valence-corrected chi connectivity index (χ3v) is 5.41. The fourth-order valence-electron chi connectivity index (χ4n) is 3.64. The van der Waals surface area contributed by atoms with Gasteiger partial charge in [-0.1, -0.05) is 0 Å². The van der Waals surface area contributed by atoms with Crippen LogP contribution in [-0.2, 0) is 0 Å². The van der Waals surface area contributed by atoms with Crippen molar-refractivity contribution in [3.05, 3.63) is 72.9 Å². The van der Waals surface area contributed by atoms with Gasteiger partial charge in [-0.05, 0) is 43.3 Å². The Bertz CT molecular complexity index is 1570. The molecule has 0 aliphatic carbocycles. The van der Waals surface area contributed by atoms with E-state index in [0.717, 1.165) is 5.39 Å². The quantitative estimate of drug-likeness (QED) is 0.283. The third-order valence-electron chi connectivity index (χ3n) is 5.41. The van der Waals surface area contributed by atoms with Crippen molar-refractivity contribution < 1.29 is 28.2 Å². The van der Waals surface area contributed by atoms with E-state index in [-0.39, 0.29) is 17.5 Å². The number of hydrogen-bond donors (Lipinski definition) is 1. The largest absolute Gasteiger partial charge is 0.493 e. The highest BCUT2D eigenvalue weighted by atomic mass is 16.6. The Labute approximate surface area is 217 Å². The van der Waals surface area contributed by atoms with Crippen LogP contribution in [0.2, 0.25) is 0 Å². The minimum absolute atomic E-state index is 0.000426. The van der Waals surface area contributed by atoms with Gasteiger partial charge in [-0.15, -0.1) is 0 Å². The zero-order valence-corrected chi connectivity index (χ0v) is 20.8. The van der Waals surface area contributed by atoms with E-state index in [1.807, 2.05) is 0 Å². The monoisotopic (exact) mass is 513 g/mol. The number of anilines is 1. The first-order valence-electron chi connectivity index (χ1n) is 11.6. The maximum absolute atomic E-state index is 13.0. The number of amides is 1. The van der Waals surface area contributed by atoms with Crippen molar-refractivity contribution in [2.75, 3.05) is 26.1 Å². The minimum atomic E-state index is -0.533. The molecule has 0 fully saturated rings. The maximum atomic E-state index is 13.0. The smallest absolute Gasteiger partial charge is 0.319 e. The van der Waals surface area contributed by atoms with Crippen molar-refractivity contribution in [3.8, 4) is 40.4 Å². The second kappa shape index (κ2) is 10.8. The van der Waals surface area contributed by atoms with Gasteiger partial charge in [-0.25, -0.2) is 4.98 Å². The van der Waals surface area contributed by atoms with Crippen molar-refractivity contribution in [3.63, 3.8) is 0 Å². The summed E-state index contributed by atoms with van der Waals surface area (Å²) in [6.07, 6.45) is 6.35. The molecule has 5 rings (SSSR count). The second-order valence-electron chi connectivity index (χ2n) is 7.80. The van der Waals surface area contributed by atoms with E-state index in [2.05, 4.69) is 25.3 Å². The lowest BCUT2D eigenvalue weighted by atomic mass is 10.2. The summed E-state index contributed by atoms with van der Waals surface area (Å²) in [5.41, 5.74) is 1.30. The van der Waals surface area contributed by atoms with Gasteiger partial charge in [0.1, 0.15) is 17.3 Å². The van der Waals surface area contributed by atoms with Gasteiger partial charge in [-0.3, -0.25) is 14.8 Å². The maximum Gasteiger partial charge on any atom is 0.319 e. The molecule has 0 unspecified atom stereocenters. The molecule has 1 N–H and O–H groups in total. The van der Waals surface area contributed by atoms with E-state index in [4.69, 9.17) is 23.4 Å². The molecule has 11 heteroatoms. The molecule has 0 atom stereocenters. The minimum Gasteiger partial charge on any atom is -0.493 e. The predicted molar refractivity (Wildman–Crippen MR) is 138 cm³/mol. The summed E-state index contributed by atoms with van der Waals surface area (Å²) >= 11 is 0. The van der Waals surface area contributed by atoms with Gasteiger partial charge >= 0.3 is 5.95 Å². The fourth-order valence-corrected chi connectivity index (χ4v) is 3.64. The van der Waals surface area contributed by atoms with Gasteiger partial charge in [0.15, 0.2) is 11.5 Å². The summed E-state index contributed by atoms with van der Waals surface area (Å²) in [7, 11) is 3.13. The fraction of sp³-hybridized carbons (Fsp3) is 0.148. The van der Waals surface area contributed by atoms with Crippen LogP contribution in [0.5, 0.6) is 28.9 Å². The van der Waals surface area contributed by atoms with Gasteiger partial charge < -0.3 is 28.7 Å². The Balaban J connectivity index is 1.34. The van der Waals surface area contributed by atoms with Crippen LogP contribution in [0.1, 0.15) is 17.4 Å². The van der Waals surface area contributed by atoms with Crippen molar-refractivity contribution in [2.24, 2.45) is 0 Å². The van der Waals surface area contributed by atoms with E-state index in [1.54, 1.807) is 82.2 Å². The SMILES string of the molecule is CCOc1oc(-c2cccnc2)nc1C(=O)Nc1ccc(Oc2ccnc3cc(OC)c(OC)cc23)cn1. The number of ether oxygens (including phenoxy) is 4. The summed E-state index contributed by atoms with van der Waals surface area (Å²) in [5.74, 6) is 2.14. The number of oxazole rings is 1. The molecule has 192 valence electrons. The molecule has 0 radical (unpaired) electrons. The van der Waals surface area contributed by atoms with Gasteiger partial charge in [0.05, 0.1) is 38.1 Å². The standard InChI is InChI=1S/C27H23N5O6/c1-4-36-27-24(32-26(38-27)16-6-5-10-28-14-16)25(33)31-23-8-7-17(15-30-23)37-20-9-11-29-19-13-22(35-3)21(34-2)12-18(19)20/h5-15H,4H2,1-3H3,(H,30,31,33). The molecule has 0 aliphatic rings. The number of carbonyl (C=O) groups is 1. The van der Waals surface area contributed by atoms with Gasteiger partial charge in [-0.2, -0.15) is 4.98 Å². The summed E-state index contributed by atoms with van der Waals surface area (Å²) < 4.78 is 27.9. The molecular weight excluding hydrogens is 490 g/mol. The molecule has 0 bridgehead atoms. The number of nitrogens with zero attached hydrogens (tertiary/aromatic N) is 4. The number of rotatable bonds is 9. The Morgan fingerprint density at radius 3 is 2.53 bits per heavy atom. The van der Waals surface area contributed by atoms with Crippen LogP contribution in [0.4, 0.5) is 5.82 Å². The van der Waals surface area contributed by atoms with Crippen LogP contribution in [0, 0.1) is 0 Å². The second-order valence-corrected chi connectivity index (χ2v) is 7.80. The van der Waals surface area contributed by atoms with Gasteiger partial charge in [0.2, 0.25) is 11.6 Å². The first kappa shape index (κ1) is 24.5. The molecule has 5 aromatic rings. The summed E-state index contributed by atoms with van der Waals surface area (Å²) in [5, 5.41) is 3.44. The highest BCUT2D eigenvalue weighted by molar-refractivity contribution is 6.04. The molecule has 38 heavy (non-hydrogen) atoms. The Morgan fingerprint density at radius 2 is 1.82 bits per heavy atom. The molecule has 4 aromatic heterocycles. The number of methoxy groups -OCH3 is 2. The van der Waals surface area contributed by atoms with Crippen LogP contribution in [0.15, 0.2) is 71.7 Å². The van der Waals surface area contributed by atoms with Crippen LogP contribution in [0.3, 0.4) is 0 Å². The summed E-state index contributed by atoms with van der Waals surface area (Å²) in [4.78, 5) is 30.0. The molecule has 0 aliphatic heterocycles. The normalized spacial score (nSPS) is 10.7. The number of fused-ring (bicyclic) bond motifs is 1. The number of benzene rings is 1. The van der Waals surface area contributed by atoms with Crippen molar-refractivity contribution >= 4 is 22.6 Å². The van der Waals surface area contributed by atoms with Crippen LogP contribution in [0.25, 0.3) is 22.4 Å². The molecule has 0 spiro atoms. The van der Waals surface area contributed by atoms with Crippen molar-refractivity contribution in [2.45, 2.75) is 6.92 Å². The molecule has 4 heterocycles. The molecule has 11 nitrogen and oxygen atoms in total. The number of nitrogens with one attached hydrogen (secondary N) is 1. The van der Waals surface area contributed by atoms with E-state index in [9.17, 15) is 4.79 Å². The number of carbonyl (C=O) groups excluding carboxylic acids is 1. The summed E-state index contributed by atoms with van der Waals surface area (Å²) in [6.45, 7) is 2.08. The molecule has 1 aromatic carbocycles. The van der Waals surface area contributed by atoms with E-state index in [1.165, 1.54) is 6.20 Å². The molecule has 0 saturated heterocycles. The third kappa shape index (κ3) is 5.03. The average molecular weight is 514 g/mol. The Kier molecular flexibility index (Phi) is 6.98. The Hall–Kier alpha value is -5.19. The van der Waals surface area contributed by atoms with Gasteiger partial charge in [0.25, 0.3) is 5.91 Å².